The van der Waals surface area contributed by atoms with Gasteiger partial charge in [0.25, 0.3) is 0 Å². The SMILES string of the molecule is CC(=O)Nc1ccc(S(=O)(=O)NC2CCN(c3ccc(F)c(C)c3)C2=O)cc1. The van der Waals surface area contributed by atoms with Gasteiger partial charge in [0.2, 0.25) is 21.8 Å². The minimum Gasteiger partial charge on any atom is -0.326 e. The van der Waals surface area contributed by atoms with E-state index < -0.39 is 16.1 Å². The van der Waals surface area contributed by atoms with Gasteiger partial charge in [-0.05, 0) is 61.4 Å². The Balaban J connectivity index is 1.73. The van der Waals surface area contributed by atoms with E-state index in [9.17, 15) is 22.4 Å². The predicted octanol–water partition coefficient (Wildman–Crippen LogP) is 2.18. The first-order valence-electron chi connectivity index (χ1n) is 8.65. The standard InChI is InChI=1S/C19H20FN3O4S/c1-12-11-15(5-8-17(12)20)23-10-9-18(19(23)25)22-28(26,27)16-6-3-14(4-7-16)21-13(2)24/h3-8,11,18,22H,9-10H2,1-2H3,(H,21,24). The fraction of sp³-hybridized carbons (Fsp3) is 0.263. The van der Waals surface area contributed by atoms with Gasteiger partial charge >= 0.3 is 0 Å². The topological polar surface area (TPSA) is 95.6 Å². The normalized spacial score (nSPS) is 17.0. The summed E-state index contributed by atoms with van der Waals surface area (Å²) < 4.78 is 41.1. The molecule has 7 nitrogen and oxygen atoms in total. The average molecular weight is 405 g/mol. The monoisotopic (exact) mass is 405 g/mol. The molecule has 1 heterocycles. The molecule has 1 unspecified atom stereocenters. The first-order chi connectivity index (χ1) is 13.2. The minimum absolute atomic E-state index is 0.00882. The van der Waals surface area contributed by atoms with Crippen molar-refractivity contribution in [2.45, 2.75) is 31.2 Å². The molecule has 28 heavy (non-hydrogen) atoms. The molecule has 0 radical (unpaired) electrons. The lowest BCUT2D eigenvalue weighted by Gasteiger charge is -2.18. The highest BCUT2D eigenvalue weighted by Gasteiger charge is 2.35. The number of benzene rings is 2. The number of amides is 2. The van der Waals surface area contributed by atoms with Crippen LogP contribution in [0, 0.1) is 12.7 Å². The smallest absolute Gasteiger partial charge is 0.245 e. The third kappa shape index (κ3) is 4.20. The zero-order chi connectivity index (χ0) is 20.5. The summed E-state index contributed by atoms with van der Waals surface area (Å²) in [6, 6.07) is 9.10. The summed E-state index contributed by atoms with van der Waals surface area (Å²) in [5, 5.41) is 2.55. The average Bonchev–Trinajstić information content (AvgIpc) is 2.97. The van der Waals surface area contributed by atoms with Gasteiger partial charge < -0.3 is 10.2 Å². The lowest BCUT2D eigenvalue weighted by molar-refractivity contribution is -0.118. The van der Waals surface area contributed by atoms with Crippen molar-refractivity contribution in [3.8, 4) is 0 Å². The fourth-order valence-electron chi connectivity index (χ4n) is 3.02. The summed E-state index contributed by atoms with van der Waals surface area (Å²) in [5.41, 5.74) is 1.42. The van der Waals surface area contributed by atoms with E-state index in [1.165, 1.54) is 48.2 Å². The van der Waals surface area contributed by atoms with Crippen LogP contribution in [0.1, 0.15) is 18.9 Å². The molecule has 2 amide bonds. The number of anilines is 2. The second-order valence-electron chi connectivity index (χ2n) is 6.59. The van der Waals surface area contributed by atoms with Gasteiger partial charge in [-0.15, -0.1) is 0 Å². The van der Waals surface area contributed by atoms with Crippen molar-refractivity contribution in [2.75, 3.05) is 16.8 Å². The predicted molar refractivity (Wildman–Crippen MR) is 103 cm³/mol. The molecular formula is C19H20FN3O4S. The van der Waals surface area contributed by atoms with Gasteiger partial charge in [0.05, 0.1) is 4.90 Å². The maximum atomic E-state index is 13.4. The van der Waals surface area contributed by atoms with E-state index in [1.54, 1.807) is 13.0 Å². The molecule has 9 heteroatoms. The molecule has 0 aliphatic carbocycles. The maximum Gasteiger partial charge on any atom is 0.245 e. The lowest BCUT2D eigenvalue weighted by Crippen LogP contribution is -2.41. The molecule has 0 spiro atoms. The summed E-state index contributed by atoms with van der Waals surface area (Å²) in [6.45, 7) is 3.29. The van der Waals surface area contributed by atoms with Crippen molar-refractivity contribution in [2.24, 2.45) is 0 Å². The first kappa shape index (κ1) is 20.0. The van der Waals surface area contributed by atoms with Crippen LogP contribution in [-0.2, 0) is 19.6 Å². The summed E-state index contributed by atoms with van der Waals surface area (Å²) >= 11 is 0. The van der Waals surface area contributed by atoms with Gasteiger partial charge in [-0.2, -0.15) is 4.72 Å². The van der Waals surface area contributed by atoms with Crippen molar-refractivity contribution in [1.29, 1.82) is 0 Å². The van der Waals surface area contributed by atoms with Gasteiger partial charge in [0.15, 0.2) is 0 Å². The zero-order valence-corrected chi connectivity index (χ0v) is 16.2. The quantitative estimate of drug-likeness (QED) is 0.797. The maximum absolute atomic E-state index is 13.4. The highest BCUT2D eigenvalue weighted by Crippen LogP contribution is 2.25. The Kier molecular flexibility index (Phi) is 5.48. The van der Waals surface area contributed by atoms with E-state index in [4.69, 9.17) is 0 Å². The van der Waals surface area contributed by atoms with E-state index in [1.807, 2.05) is 0 Å². The van der Waals surface area contributed by atoms with E-state index in [0.717, 1.165) is 0 Å². The Morgan fingerprint density at radius 2 is 1.86 bits per heavy atom. The summed E-state index contributed by atoms with van der Waals surface area (Å²) in [6.07, 6.45) is 0.304. The molecule has 1 fully saturated rings. The van der Waals surface area contributed by atoms with Crippen LogP contribution in [0.15, 0.2) is 47.4 Å². The van der Waals surface area contributed by atoms with Crippen LogP contribution < -0.4 is 14.9 Å². The first-order valence-corrected chi connectivity index (χ1v) is 10.1. The largest absolute Gasteiger partial charge is 0.326 e. The Morgan fingerprint density at radius 3 is 2.46 bits per heavy atom. The van der Waals surface area contributed by atoms with E-state index >= 15 is 0 Å². The van der Waals surface area contributed by atoms with Crippen LogP contribution in [0.25, 0.3) is 0 Å². The minimum atomic E-state index is -3.91. The number of carbonyl (C=O) groups is 2. The number of carbonyl (C=O) groups excluding carboxylic acids is 2. The molecule has 1 saturated heterocycles. The van der Waals surface area contributed by atoms with Crippen molar-refractivity contribution < 1.29 is 22.4 Å². The number of hydrogen-bond donors (Lipinski definition) is 2. The van der Waals surface area contributed by atoms with Crippen LogP contribution in [0.2, 0.25) is 0 Å². The van der Waals surface area contributed by atoms with Crippen molar-refractivity contribution in [3.63, 3.8) is 0 Å². The second kappa shape index (κ2) is 7.69. The Labute approximate surface area is 162 Å². The molecule has 148 valence electrons. The number of nitrogens with zero attached hydrogens (tertiary/aromatic N) is 1. The molecule has 0 bridgehead atoms. The number of nitrogens with one attached hydrogen (secondary N) is 2. The van der Waals surface area contributed by atoms with Gasteiger partial charge in [0.1, 0.15) is 11.9 Å². The van der Waals surface area contributed by atoms with Crippen LogP contribution in [0.5, 0.6) is 0 Å². The third-order valence-corrected chi connectivity index (χ3v) is 5.93. The molecule has 2 aromatic carbocycles. The molecule has 1 atom stereocenters. The fourth-order valence-corrected chi connectivity index (χ4v) is 4.24. The summed E-state index contributed by atoms with van der Waals surface area (Å²) in [4.78, 5) is 25.1. The highest BCUT2D eigenvalue weighted by atomic mass is 32.2. The molecular weight excluding hydrogens is 385 g/mol. The van der Waals surface area contributed by atoms with Crippen molar-refractivity contribution in [1.82, 2.24) is 4.72 Å². The molecule has 0 aromatic heterocycles. The molecule has 2 aromatic rings. The van der Waals surface area contributed by atoms with E-state index in [0.29, 0.717) is 29.9 Å². The van der Waals surface area contributed by atoms with Gasteiger partial charge in [0, 0.05) is 24.8 Å². The Bertz CT molecular complexity index is 1020. The van der Waals surface area contributed by atoms with Crippen molar-refractivity contribution in [3.05, 3.63) is 53.8 Å². The molecule has 1 aliphatic heterocycles. The van der Waals surface area contributed by atoms with E-state index in [2.05, 4.69) is 10.0 Å². The van der Waals surface area contributed by atoms with Gasteiger partial charge in [-0.1, -0.05) is 0 Å². The highest BCUT2D eigenvalue weighted by molar-refractivity contribution is 7.89. The number of halogens is 1. The van der Waals surface area contributed by atoms with Gasteiger partial charge in [-0.3, -0.25) is 9.59 Å². The number of rotatable bonds is 5. The third-order valence-electron chi connectivity index (χ3n) is 4.44. The molecule has 0 saturated carbocycles. The molecule has 3 rings (SSSR count). The van der Waals surface area contributed by atoms with Crippen molar-refractivity contribution >= 4 is 33.2 Å². The van der Waals surface area contributed by atoms with Crippen LogP contribution >= 0.6 is 0 Å². The number of aryl methyl sites for hydroxylation is 1. The Hall–Kier alpha value is -2.78. The second-order valence-corrected chi connectivity index (χ2v) is 8.31. The van der Waals surface area contributed by atoms with E-state index in [-0.39, 0.29) is 22.5 Å². The molecule has 1 aliphatic rings. The zero-order valence-electron chi connectivity index (χ0n) is 15.4. The van der Waals surface area contributed by atoms with Crippen LogP contribution in [-0.4, -0.2) is 32.8 Å². The number of sulfonamides is 1. The molecule has 2 N–H and O–H groups in total. The number of hydrogen-bond acceptors (Lipinski definition) is 4. The van der Waals surface area contributed by atoms with Crippen LogP contribution in [0.3, 0.4) is 0 Å². The summed E-state index contributed by atoms with van der Waals surface area (Å²) in [5.74, 6) is -1.01. The summed E-state index contributed by atoms with van der Waals surface area (Å²) in [7, 11) is -3.91. The Morgan fingerprint density at radius 1 is 1.18 bits per heavy atom. The van der Waals surface area contributed by atoms with Crippen LogP contribution in [0.4, 0.5) is 15.8 Å². The van der Waals surface area contributed by atoms with Gasteiger partial charge in [-0.25, -0.2) is 12.8 Å². The lowest BCUT2D eigenvalue weighted by atomic mass is 10.2.